The predicted octanol–water partition coefficient (Wildman–Crippen LogP) is 3.34. The number of aromatic nitrogens is 1. The molecule has 0 radical (unpaired) electrons. The minimum atomic E-state index is -0.117. The summed E-state index contributed by atoms with van der Waals surface area (Å²) in [6, 6.07) is 13.1. The molecular weight excluding hydrogens is 338 g/mol. The SMILES string of the molecule is CNC(=O)c1ccc(CNC(=O)c2ccc3[nH]c4c(c3c2)CCCC4)cc1. The Morgan fingerprint density at radius 1 is 0.963 bits per heavy atom. The Bertz CT molecular complexity index is 1000. The van der Waals surface area contributed by atoms with Crippen molar-refractivity contribution in [2.24, 2.45) is 0 Å². The molecule has 138 valence electrons. The van der Waals surface area contributed by atoms with Crippen LogP contribution < -0.4 is 10.6 Å². The minimum absolute atomic E-state index is 0.0852. The number of carbonyl (C=O) groups excluding carboxylic acids is 2. The molecule has 0 saturated heterocycles. The number of hydrogen-bond acceptors (Lipinski definition) is 2. The summed E-state index contributed by atoms with van der Waals surface area (Å²) >= 11 is 0. The van der Waals surface area contributed by atoms with Crippen LogP contribution in [0.25, 0.3) is 10.9 Å². The lowest BCUT2D eigenvalue weighted by molar-refractivity contribution is 0.0946. The quantitative estimate of drug-likeness (QED) is 0.667. The molecule has 1 aliphatic rings. The maximum atomic E-state index is 12.6. The first-order valence-corrected chi connectivity index (χ1v) is 9.38. The molecule has 0 unspecified atom stereocenters. The highest BCUT2D eigenvalue weighted by atomic mass is 16.2. The molecule has 2 amide bonds. The van der Waals surface area contributed by atoms with Crippen LogP contribution in [0.3, 0.4) is 0 Å². The van der Waals surface area contributed by atoms with Crippen molar-refractivity contribution in [2.75, 3.05) is 7.05 Å². The van der Waals surface area contributed by atoms with Crippen LogP contribution in [-0.4, -0.2) is 23.8 Å². The topological polar surface area (TPSA) is 74.0 Å². The summed E-state index contributed by atoms with van der Waals surface area (Å²) in [6.45, 7) is 0.427. The molecule has 0 bridgehead atoms. The van der Waals surface area contributed by atoms with Gasteiger partial charge in [0.05, 0.1) is 0 Å². The first-order valence-electron chi connectivity index (χ1n) is 9.38. The number of H-pyrrole nitrogens is 1. The third-order valence-electron chi connectivity index (χ3n) is 5.26. The van der Waals surface area contributed by atoms with E-state index in [4.69, 9.17) is 0 Å². The molecule has 27 heavy (non-hydrogen) atoms. The number of rotatable bonds is 4. The van der Waals surface area contributed by atoms with E-state index in [1.807, 2.05) is 30.3 Å². The molecule has 0 aliphatic heterocycles. The van der Waals surface area contributed by atoms with E-state index in [1.54, 1.807) is 19.2 Å². The fourth-order valence-corrected chi connectivity index (χ4v) is 3.75. The second kappa shape index (κ2) is 7.27. The first-order chi connectivity index (χ1) is 13.2. The van der Waals surface area contributed by atoms with Gasteiger partial charge in [-0.3, -0.25) is 9.59 Å². The lowest BCUT2D eigenvalue weighted by Crippen LogP contribution is -2.23. The Labute approximate surface area is 158 Å². The van der Waals surface area contributed by atoms with Crippen molar-refractivity contribution in [3.8, 4) is 0 Å². The summed E-state index contributed by atoms with van der Waals surface area (Å²) in [5.41, 5.74) is 6.05. The normalized spacial score (nSPS) is 13.2. The zero-order valence-corrected chi connectivity index (χ0v) is 15.4. The van der Waals surface area contributed by atoms with Gasteiger partial charge in [0.25, 0.3) is 11.8 Å². The van der Waals surface area contributed by atoms with Gasteiger partial charge >= 0.3 is 0 Å². The monoisotopic (exact) mass is 361 g/mol. The van der Waals surface area contributed by atoms with Gasteiger partial charge in [0.2, 0.25) is 0 Å². The fraction of sp³-hybridized carbons (Fsp3) is 0.273. The Kier molecular flexibility index (Phi) is 4.67. The highest BCUT2D eigenvalue weighted by molar-refractivity contribution is 5.99. The number of benzene rings is 2. The lowest BCUT2D eigenvalue weighted by Gasteiger charge is -2.10. The Morgan fingerprint density at radius 3 is 2.48 bits per heavy atom. The molecule has 1 aliphatic carbocycles. The third-order valence-corrected chi connectivity index (χ3v) is 5.26. The van der Waals surface area contributed by atoms with Crippen LogP contribution in [0.5, 0.6) is 0 Å². The molecule has 2 aromatic carbocycles. The predicted molar refractivity (Wildman–Crippen MR) is 106 cm³/mol. The van der Waals surface area contributed by atoms with E-state index < -0.39 is 0 Å². The second-order valence-electron chi connectivity index (χ2n) is 7.01. The van der Waals surface area contributed by atoms with Crippen molar-refractivity contribution in [3.05, 3.63) is 70.4 Å². The highest BCUT2D eigenvalue weighted by Crippen LogP contribution is 2.29. The van der Waals surface area contributed by atoms with Crippen LogP contribution in [0.2, 0.25) is 0 Å². The molecule has 5 nitrogen and oxygen atoms in total. The molecule has 0 atom stereocenters. The molecule has 4 rings (SSSR count). The number of fused-ring (bicyclic) bond motifs is 3. The largest absolute Gasteiger partial charge is 0.358 e. The number of hydrogen-bond donors (Lipinski definition) is 3. The Hall–Kier alpha value is -3.08. The Balaban J connectivity index is 1.47. The van der Waals surface area contributed by atoms with Crippen LogP contribution in [0.1, 0.15) is 50.4 Å². The zero-order chi connectivity index (χ0) is 18.8. The van der Waals surface area contributed by atoms with Crippen molar-refractivity contribution in [1.29, 1.82) is 0 Å². The van der Waals surface area contributed by atoms with Crippen LogP contribution in [0, 0.1) is 0 Å². The van der Waals surface area contributed by atoms with Crippen LogP contribution >= 0.6 is 0 Å². The van der Waals surface area contributed by atoms with Gasteiger partial charge in [-0.2, -0.15) is 0 Å². The van der Waals surface area contributed by atoms with E-state index >= 15 is 0 Å². The molecular formula is C22H23N3O2. The summed E-state index contributed by atoms with van der Waals surface area (Å²) in [7, 11) is 1.61. The standard InChI is InChI=1S/C22H23N3O2/c1-23-21(26)15-8-6-14(7-9-15)13-24-22(27)16-10-11-20-18(12-16)17-4-2-3-5-19(17)25-20/h6-12,25H,2-5,13H2,1H3,(H,23,26)(H,24,27). The first kappa shape index (κ1) is 17.3. The third kappa shape index (κ3) is 3.45. The van der Waals surface area contributed by atoms with Crippen LogP contribution in [0.15, 0.2) is 42.5 Å². The van der Waals surface area contributed by atoms with E-state index in [-0.39, 0.29) is 11.8 Å². The molecule has 3 aromatic rings. The summed E-state index contributed by atoms with van der Waals surface area (Å²) in [5, 5.41) is 6.73. The van der Waals surface area contributed by atoms with Gasteiger partial charge in [0, 0.05) is 41.3 Å². The van der Waals surface area contributed by atoms with Crippen LogP contribution in [-0.2, 0) is 19.4 Å². The minimum Gasteiger partial charge on any atom is -0.358 e. The number of nitrogens with one attached hydrogen (secondary N) is 3. The zero-order valence-electron chi connectivity index (χ0n) is 15.4. The van der Waals surface area contributed by atoms with Crippen molar-refractivity contribution in [3.63, 3.8) is 0 Å². The summed E-state index contributed by atoms with van der Waals surface area (Å²) in [6.07, 6.45) is 4.62. The van der Waals surface area contributed by atoms with Crippen molar-refractivity contribution < 1.29 is 9.59 Å². The number of amides is 2. The Morgan fingerprint density at radius 2 is 1.70 bits per heavy atom. The fourth-order valence-electron chi connectivity index (χ4n) is 3.75. The molecule has 0 saturated carbocycles. The summed E-state index contributed by atoms with van der Waals surface area (Å²) < 4.78 is 0. The van der Waals surface area contributed by atoms with E-state index in [0.29, 0.717) is 17.7 Å². The van der Waals surface area contributed by atoms with Gasteiger partial charge in [0.15, 0.2) is 0 Å². The van der Waals surface area contributed by atoms with Crippen molar-refractivity contribution in [1.82, 2.24) is 15.6 Å². The maximum Gasteiger partial charge on any atom is 0.251 e. The van der Waals surface area contributed by atoms with Gasteiger partial charge in [-0.25, -0.2) is 0 Å². The number of carbonyl (C=O) groups is 2. The smallest absolute Gasteiger partial charge is 0.251 e. The van der Waals surface area contributed by atoms with Gasteiger partial charge in [0.1, 0.15) is 0 Å². The van der Waals surface area contributed by atoms with E-state index in [0.717, 1.165) is 23.9 Å². The van der Waals surface area contributed by atoms with Crippen molar-refractivity contribution in [2.45, 2.75) is 32.2 Å². The van der Waals surface area contributed by atoms with E-state index in [2.05, 4.69) is 15.6 Å². The highest BCUT2D eigenvalue weighted by Gasteiger charge is 2.16. The van der Waals surface area contributed by atoms with Crippen LogP contribution in [0.4, 0.5) is 0 Å². The maximum absolute atomic E-state index is 12.6. The summed E-state index contributed by atoms with van der Waals surface area (Å²) in [5.74, 6) is -0.202. The van der Waals surface area contributed by atoms with Crippen molar-refractivity contribution >= 4 is 22.7 Å². The van der Waals surface area contributed by atoms with Gasteiger partial charge < -0.3 is 15.6 Å². The molecule has 3 N–H and O–H groups in total. The average molecular weight is 361 g/mol. The molecule has 5 heteroatoms. The molecule has 0 fully saturated rings. The van der Waals surface area contributed by atoms with Gasteiger partial charge in [-0.05, 0) is 67.1 Å². The molecule has 0 spiro atoms. The molecule has 1 aromatic heterocycles. The summed E-state index contributed by atoms with van der Waals surface area (Å²) in [4.78, 5) is 27.7. The second-order valence-corrected chi connectivity index (χ2v) is 7.01. The average Bonchev–Trinajstić information content (AvgIpc) is 3.09. The van der Waals surface area contributed by atoms with E-state index in [9.17, 15) is 9.59 Å². The number of aromatic amines is 1. The van der Waals surface area contributed by atoms with Gasteiger partial charge in [-0.15, -0.1) is 0 Å². The molecule has 1 heterocycles. The van der Waals surface area contributed by atoms with Gasteiger partial charge in [-0.1, -0.05) is 12.1 Å². The number of aryl methyl sites for hydroxylation is 2. The van der Waals surface area contributed by atoms with E-state index in [1.165, 1.54) is 29.5 Å². The lowest BCUT2D eigenvalue weighted by atomic mass is 9.95.